The van der Waals surface area contributed by atoms with Crippen LogP contribution in [-0.4, -0.2) is 36.8 Å². The van der Waals surface area contributed by atoms with Crippen LogP contribution in [-0.2, 0) is 16.4 Å². The summed E-state index contributed by atoms with van der Waals surface area (Å²) in [6.07, 6.45) is 0.458. The third kappa shape index (κ3) is 5.12. The zero-order chi connectivity index (χ0) is 22.0. The van der Waals surface area contributed by atoms with Gasteiger partial charge in [0.1, 0.15) is 0 Å². The standard InChI is InChI=1S/C24H21Cl2NO3S/c25-20-10-11-22(23(26)14-20)18-8-6-17(7-9-18)15-27(21-12-13-31(29,30)16-21)24(28)19-4-2-1-3-5-19/h1-11,14,21H,12-13,15-16H2. The van der Waals surface area contributed by atoms with Crippen molar-refractivity contribution in [2.75, 3.05) is 11.5 Å². The predicted octanol–water partition coefficient (Wildman–Crippen LogP) is 5.49. The zero-order valence-corrected chi connectivity index (χ0v) is 19.0. The van der Waals surface area contributed by atoms with Crippen LogP contribution in [0.25, 0.3) is 11.1 Å². The van der Waals surface area contributed by atoms with E-state index in [1.54, 1.807) is 29.2 Å². The first-order valence-corrected chi connectivity index (χ1v) is 12.5. The lowest BCUT2D eigenvalue weighted by molar-refractivity contribution is 0.0681. The average Bonchev–Trinajstić information content (AvgIpc) is 3.12. The van der Waals surface area contributed by atoms with Crippen molar-refractivity contribution in [1.29, 1.82) is 0 Å². The predicted molar refractivity (Wildman–Crippen MR) is 125 cm³/mol. The Hall–Kier alpha value is -2.34. The second-order valence-corrected chi connectivity index (χ2v) is 10.7. The van der Waals surface area contributed by atoms with Crippen molar-refractivity contribution in [2.24, 2.45) is 0 Å². The first-order chi connectivity index (χ1) is 14.8. The highest BCUT2D eigenvalue weighted by Gasteiger charge is 2.35. The minimum absolute atomic E-state index is 0.00401. The second-order valence-electron chi connectivity index (χ2n) is 7.68. The largest absolute Gasteiger partial charge is 0.330 e. The van der Waals surface area contributed by atoms with Crippen LogP contribution in [0.4, 0.5) is 0 Å². The number of hydrogen-bond donors (Lipinski definition) is 0. The van der Waals surface area contributed by atoms with Crippen molar-refractivity contribution in [2.45, 2.75) is 19.0 Å². The molecule has 1 fully saturated rings. The summed E-state index contributed by atoms with van der Waals surface area (Å²) in [6.45, 7) is 0.336. The van der Waals surface area contributed by atoms with Crippen LogP contribution in [0, 0.1) is 0 Å². The molecule has 1 unspecified atom stereocenters. The number of benzene rings is 3. The van der Waals surface area contributed by atoms with Gasteiger partial charge in [-0.1, -0.05) is 71.7 Å². The molecule has 0 bridgehead atoms. The van der Waals surface area contributed by atoms with E-state index in [4.69, 9.17) is 23.2 Å². The van der Waals surface area contributed by atoms with Crippen molar-refractivity contribution < 1.29 is 13.2 Å². The monoisotopic (exact) mass is 473 g/mol. The molecule has 0 saturated carbocycles. The van der Waals surface area contributed by atoms with Gasteiger partial charge in [-0.3, -0.25) is 4.79 Å². The summed E-state index contributed by atoms with van der Waals surface area (Å²) >= 11 is 12.3. The van der Waals surface area contributed by atoms with Crippen LogP contribution in [0.2, 0.25) is 10.0 Å². The summed E-state index contributed by atoms with van der Waals surface area (Å²) in [5.74, 6) is -0.0404. The molecule has 4 nitrogen and oxygen atoms in total. The van der Waals surface area contributed by atoms with Crippen LogP contribution in [0.1, 0.15) is 22.3 Å². The fraction of sp³-hybridized carbons (Fsp3) is 0.208. The van der Waals surface area contributed by atoms with Gasteiger partial charge >= 0.3 is 0 Å². The highest BCUT2D eigenvalue weighted by atomic mass is 35.5. The Balaban J connectivity index is 1.60. The second kappa shape index (κ2) is 9.03. The van der Waals surface area contributed by atoms with E-state index in [0.29, 0.717) is 28.6 Å². The molecule has 1 atom stereocenters. The summed E-state index contributed by atoms with van der Waals surface area (Å²) in [4.78, 5) is 14.9. The Labute approximate surface area is 192 Å². The molecule has 31 heavy (non-hydrogen) atoms. The van der Waals surface area contributed by atoms with Gasteiger partial charge < -0.3 is 4.90 Å². The van der Waals surface area contributed by atoms with Gasteiger partial charge in [0.15, 0.2) is 9.84 Å². The molecule has 0 spiro atoms. The topological polar surface area (TPSA) is 54.5 Å². The lowest BCUT2D eigenvalue weighted by Gasteiger charge is -2.28. The number of carbonyl (C=O) groups excluding carboxylic acids is 1. The van der Waals surface area contributed by atoms with Gasteiger partial charge in [0.2, 0.25) is 0 Å². The van der Waals surface area contributed by atoms with Crippen LogP contribution >= 0.6 is 23.2 Å². The van der Waals surface area contributed by atoms with Gasteiger partial charge in [0, 0.05) is 33.8 Å². The molecule has 4 rings (SSSR count). The number of nitrogens with zero attached hydrogens (tertiary/aromatic N) is 1. The summed E-state index contributed by atoms with van der Waals surface area (Å²) in [7, 11) is -3.12. The Bertz CT molecular complexity index is 1200. The summed E-state index contributed by atoms with van der Waals surface area (Å²) < 4.78 is 24.1. The van der Waals surface area contributed by atoms with E-state index in [1.165, 1.54) is 0 Å². The molecule has 3 aromatic rings. The molecular formula is C24H21Cl2NO3S. The van der Waals surface area contributed by atoms with Gasteiger partial charge in [0.05, 0.1) is 11.5 Å². The van der Waals surface area contributed by atoms with Crippen LogP contribution in [0.15, 0.2) is 72.8 Å². The number of hydrogen-bond acceptors (Lipinski definition) is 3. The summed E-state index contributed by atoms with van der Waals surface area (Å²) in [6, 6.07) is 21.8. The SMILES string of the molecule is O=C(c1ccccc1)N(Cc1ccc(-c2ccc(Cl)cc2Cl)cc1)C1CCS(=O)(=O)C1. The molecule has 0 aromatic heterocycles. The molecule has 1 saturated heterocycles. The van der Waals surface area contributed by atoms with E-state index < -0.39 is 9.84 Å². The third-order valence-electron chi connectivity index (χ3n) is 5.48. The molecule has 3 aromatic carbocycles. The molecule has 1 aliphatic rings. The minimum atomic E-state index is -3.12. The molecular weight excluding hydrogens is 453 g/mol. The first-order valence-electron chi connectivity index (χ1n) is 9.93. The average molecular weight is 474 g/mol. The normalized spacial score (nSPS) is 17.4. The molecule has 0 N–H and O–H groups in total. The van der Waals surface area contributed by atoms with E-state index in [1.807, 2.05) is 48.5 Å². The van der Waals surface area contributed by atoms with E-state index >= 15 is 0 Å². The van der Waals surface area contributed by atoms with E-state index in [9.17, 15) is 13.2 Å². The minimum Gasteiger partial charge on any atom is -0.330 e. The number of carbonyl (C=O) groups is 1. The number of sulfone groups is 1. The third-order valence-corrected chi connectivity index (χ3v) is 7.78. The highest BCUT2D eigenvalue weighted by Crippen LogP contribution is 2.31. The van der Waals surface area contributed by atoms with Crippen molar-refractivity contribution in [3.63, 3.8) is 0 Å². The maximum absolute atomic E-state index is 13.2. The van der Waals surface area contributed by atoms with Crippen LogP contribution in [0.5, 0.6) is 0 Å². The van der Waals surface area contributed by atoms with Gasteiger partial charge in [-0.25, -0.2) is 8.42 Å². The smallest absolute Gasteiger partial charge is 0.254 e. The zero-order valence-electron chi connectivity index (χ0n) is 16.7. The molecule has 7 heteroatoms. The van der Waals surface area contributed by atoms with E-state index in [0.717, 1.165) is 16.7 Å². The van der Waals surface area contributed by atoms with E-state index in [-0.39, 0.29) is 23.5 Å². The Morgan fingerprint density at radius 1 is 0.968 bits per heavy atom. The van der Waals surface area contributed by atoms with E-state index in [2.05, 4.69) is 0 Å². The van der Waals surface area contributed by atoms with Gasteiger partial charge in [0.25, 0.3) is 5.91 Å². The quantitative estimate of drug-likeness (QED) is 0.492. The number of rotatable bonds is 5. The number of halogens is 2. The fourth-order valence-corrected chi connectivity index (χ4v) is 6.09. The Kier molecular flexibility index (Phi) is 6.37. The fourth-order valence-electron chi connectivity index (χ4n) is 3.84. The van der Waals surface area contributed by atoms with Crippen molar-refractivity contribution >= 4 is 38.9 Å². The molecule has 160 valence electrons. The Morgan fingerprint density at radius 3 is 2.29 bits per heavy atom. The van der Waals surface area contributed by atoms with Crippen molar-refractivity contribution in [3.8, 4) is 11.1 Å². The molecule has 1 aliphatic heterocycles. The van der Waals surface area contributed by atoms with Crippen molar-refractivity contribution in [3.05, 3.63) is 94.0 Å². The molecule has 1 amide bonds. The van der Waals surface area contributed by atoms with Gasteiger partial charge in [-0.15, -0.1) is 0 Å². The Morgan fingerprint density at radius 2 is 1.68 bits per heavy atom. The van der Waals surface area contributed by atoms with Crippen LogP contribution < -0.4 is 0 Å². The van der Waals surface area contributed by atoms with Crippen LogP contribution in [0.3, 0.4) is 0 Å². The first kappa shape index (κ1) is 21.9. The highest BCUT2D eigenvalue weighted by molar-refractivity contribution is 7.91. The molecule has 1 heterocycles. The summed E-state index contributed by atoms with van der Waals surface area (Å²) in [5.41, 5.74) is 3.28. The number of amides is 1. The van der Waals surface area contributed by atoms with Gasteiger partial charge in [-0.2, -0.15) is 0 Å². The van der Waals surface area contributed by atoms with Crippen molar-refractivity contribution in [1.82, 2.24) is 4.90 Å². The maximum atomic E-state index is 13.2. The molecule has 0 aliphatic carbocycles. The lowest BCUT2D eigenvalue weighted by Crippen LogP contribution is -2.40. The maximum Gasteiger partial charge on any atom is 0.254 e. The lowest BCUT2D eigenvalue weighted by atomic mass is 10.0. The molecule has 0 radical (unpaired) electrons. The van der Waals surface area contributed by atoms with Gasteiger partial charge in [-0.05, 0) is 41.8 Å². The summed E-state index contributed by atoms with van der Waals surface area (Å²) in [5, 5.41) is 1.14.